The lowest BCUT2D eigenvalue weighted by Gasteiger charge is -2.08. The molecule has 116 valence electrons. The summed E-state index contributed by atoms with van der Waals surface area (Å²) in [5, 5.41) is 10.1. The number of hydrogen-bond donors (Lipinski definition) is 1. The highest BCUT2D eigenvalue weighted by Gasteiger charge is 2.17. The van der Waals surface area contributed by atoms with Crippen molar-refractivity contribution in [3.05, 3.63) is 54.4 Å². The summed E-state index contributed by atoms with van der Waals surface area (Å²) in [6.45, 7) is 2.00. The maximum Gasteiger partial charge on any atom is 0.167 e. The molecule has 0 saturated carbocycles. The zero-order chi connectivity index (χ0) is 15.1. The Balaban J connectivity index is 0.00000156. The molecule has 0 spiro atoms. The molecule has 0 aliphatic carbocycles. The molecule has 4 rings (SSSR count). The molecule has 0 bridgehead atoms. The Morgan fingerprint density at radius 1 is 1.04 bits per heavy atom. The number of halogens is 1. The van der Waals surface area contributed by atoms with Crippen LogP contribution in [-0.4, -0.2) is 26.8 Å². The fourth-order valence-corrected chi connectivity index (χ4v) is 2.84. The van der Waals surface area contributed by atoms with E-state index in [0.717, 1.165) is 39.1 Å². The van der Waals surface area contributed by atoms with E-state index in [2.05, 4.69) is 21.5 Å². The van der Waals surface area contributed by atoms with E-state index < -0.39 is 0 Å². The van der Waals surface area contributed by atoms with Crippen LogP contribution < -0.4 is 5.32 Å². The Morgan fingerprint density at radius 2 is 1.83 bits per heavy atom. The van der Waals surface area contributed by atoms with Gasteiger partial charge in [0.1, 0.15) is 0 Å². The molecular formula is C17H16ClN5. The van der Waals surface area contributed by atoms with Crippen molar-refractivity contribution >= 4 is 40.0 Å². The first-order chi connectivity index (χ1) is 10.8. The monoisotopic (exact) mass is 325 g/mol. The number of nitrogens with zero attached hydrogens (tertiary/aromatic N) is 4. The van der Waals surface area contributed by atoms with E-state index in [0.29, 0.717) is 0 Å². The Kier molecular flexibility index (Phi) is 3.88. The van der Waals surface area contributed by atoms with Crippen molar-refractivity contribution in [2.24, 2.45) is 0 Å². The van der Waals surface area contributed by atoms with Crippen LogP contribution in [-0.2, 0) is 0 Å². The van der Waals surface area contributed by atoms with Crippen LogP contribution in [0.2, 0.25) is 0 Å². The van der Waals surface area contributed by atoms with E-state index in [1.54, 1.807) is 10.9 Å². The van der Waals surface area contributed by atoms with Crippen LogP contribution in [0.4, 0.5) is 5.69 Å². The predicted octanol–water partition coefficient (Wildman–Crippen LogP) is 3.74. The second-order valence-electron chi connectivity index (χ2n) is 5.14. The highest BCUT2D eigenvalue weighted by molar-refractivity contribution is 6.07. The molecule has 0 amide bonds. The maximum atomic E-state index is 4.80. The molecule has 6 heteroatoms. The topological polar surface area (TPSA) is 55.6 Å². The number of pyridine rings is 2. The molecule has 3 aromatic heterocycles. The van der Waals surface area contributed by atoms with Gasteiger partial charge in [-0.2, -0.15) is 9.78 Å². The van der Waals surface area contributed by atoms with Gasteiger partial charge in [0.25, 0.3) is 0 Å². The third-order valence-electron chi connectivity index (χ3n) is 3.80. The Labute approximate surface area is 139 Å². The quantitative estimate of drug-likeness (QED) is 0.610. The number of nitrogens with one attached hydrogen (secondary N) is 1. The third kappa shape index (κ3) is 2.29. The summed E-state index contributed by atoms with van der Waals surface area (Å²) in [7, 11) is 1.93. The molecule has 0 fully saturated rings. The summed E-state index contributed by atoms with van der Waals surface area (Å²) in [6.07, 6.45) is 1.76. The van der Waals surface area contributed by atoms with Gasteiger partial charge < -0.3 is 5.32 Å². The Bertz CT molecular complexity index is 979. The molecule has 4 aromatic rings. The second-order valence-corrected chi connectivity index (χ2v) is 5.14. The van der Waals surface area contributed by atoms with Crippen molar-refractivity contribution in [1.82, 2.24) is 19.7 Å². The molecule has 0 aliphatic rings. The van der Waals surface area contributed by atoms with Gasteiger partial charge in [-0.25, -0.2) is 9.97 Å². The van der Waals surface area contributed by atoms with Gasteiger partial charge in [0.15, 0.2) is 11.5 Å². The van der Waals surface area contributed by atoms with Gasteiger partial charge in [0.2, 0.25) is 0 Å². The number of anilines is 1. The average molecular weight is 326 g/mol. The van der Waals surface area contributed by atoms with Crippen LogP contribution in [0.15, 0.2) is 48.7 Å². The molecule has 0 unspecified atom stereocenters. The zero-order valence-corrected chi connectivity index (χ0v) is 13.6. The lowest BCUT2D eigenvalue weighted by Crippen LogP contribution is -2.01. The van der Waals surface area contributed by atoms with Crippen LogP contribution in [0, 0.1) is 6.92 Å². The molecule has 0 radical (unpaired) electrons. The van der Waals surface area contributed by atoms with E-state index in [-0.39, 0.29) is 12.4 Å². The van der Waals surface area contributed by atoms with Crippen LogP contribution in [0.25, 0.3) is 27.8 Å². The predicted molar refractivity (Wildman–Crippen MR) is 95.7 cm³/mol. The van der Waals surface area contributed by atoms with Crippen LogP contribution in [0.1, 0.15) is 5.69 Å². The SMILES string of the molecule is CNc1c2ccccc2nc2c1c(C)nn2-c1ccccn1.Cl. The van der Waals surface area contributed by atoms with Crippen molar-refractivity contribution < 1.29 is 0 Å². The van der Waals surface area contributed by atoms with E-state index >= 15 is 0 Å². The minimum Gasteiger partial charge on any atom is -0.387 e. The number of para-hydroxylation sites is 1. The zero-order valence-electron chi connectivity index (χ0n) is 12.8. The summed E-state index contributed by atoms with van der Waals surface area (Å²) < 4.78 is 1.80. The van der Waals surface area contributed by atoms with Gasteiger partial charge in [-0.15, -0.1) is 12.4 Å². The fourth-order valence-electron chi connectivity index (χ4n) is 2.84. The molecule has 0 atom stereocenters. The lowest BCUT2D eigenvalue weighted by molar-refractivity contribution is 0.849. The largest absolute Gasteiger partial charge is 0.387 e. The molecule has 3 heterocycles. The smallest absolute Gasteiger partial charge is 0.167 e. The fraction of sp³-hybridized carbons (Fsp3) is 0.118. The van der Waals surface area contributed by atoms with Crippen LogP contribution in [0.5, 0.6) is 0 Å². The van der Waals surface area contributed by atoms with Crippen molar-refractivity contribution in [1.29, 1.82) is 0 Å². The highest BCUT2D eigenvalue weighted by Crippen LogP contribution is 2.33. The number of hydrogen-bond acceptors (Lipinski definition) is 4. The van der Waals surface area contributed by atoms with E-state index in [1.807, 2.05) is 50.4 Å². The van der Waals surface area contributed by atoms with Gasteiger partial charge >= 0.3 is 0 Å². The van der Waals surface area contributed by atoms with Crippen molar-refractivity contribution in [2.75, 3.05) is 12.4 Å². The summed E-state index contributed by atoms with van der Waals surface area (Å²) in [6, 6.07) is 13.9. The van der Waals surface area contributed by atoms with Crippen LogP contribution in [0.3, 0.4) is 0 Å². The first-order valence-corrected chi connectivity index (χ1v) is 7.17. The summed E-state index contributed by atoms with van der Waals surface area (Å²) in [4.78, 5) is 9.19. The van der Waals surface area contributed by atoms with Gasteiger partial charge in [0.05, 0.1) is 22.3 Å². The Hall–Kier alpha value is -2.66. The van der Waals surface area contributed by atoms with Crippen molar-refractivity contribution in [3.8, 4) is 5.82 Å². The third-order valence-corrected chi connectivity index (χ3v) is 3.80. The minimum atomic E-state index is 0. The normalized spacial score (nSPS) is 10.7. The summed E-state index contributed by atoms with van der Waals surface area (Å²) >= 11 is 0. The first-order valence-electron chi connectivity index (χ1n) is 7.17. The lowest BCUT2D eigenvalue weighted by atomic mass is 10.1. The van der Waals surface area contributed by atoms with Gasteiger partial charge in [0, 0.05) is 18.6 Å². The standard InChI is InChI=1S/C17H15N5.ClH/c1-11-15-16(18-2)12-7-3-4-8-13(12)20-17(15)22(21-11)14-9-5-6-10-19-14;/h3-10H,1-2H3,(H,18,20);1H. The van der Waals surface area contributed by atoms with Gasteiger partial charge in [-0.1, -0.05) is 24.3 Å². The second kappa shape index (κ2) is 5.85. The highest BCUT2D eigenvalue weighted by atomic mass is 35.5. The summed E-state index contributed by atoms with van der Waals surface area (Å²) in [5.41, 5.74) is 3.75. The molecular weight excluding hydrogens is 310 g/mol. The number of benzene rings is 1. The summed E-state index contributed by atoms with van der Waals surface area (Å²) in [5.74, 6) is 0.769. The van der Waals surface area contributed by atoms with Crippen molar-refractivity contribution in [3.63, 3.8) is 0 Å². The number of aryl methyl sites for hydroxylation is 1. The van der Waals surface area contributed by atoms with E-state index in [1.165, 1.54) is 0 Å². The number of aromatic nitrogens is 4. The minimum absolute atomic E-state index is 0. The molecule has 1 N–H and O–H groups in total. The first kappa shape index (κ1) is 15.2. The number of rotatable bonds is 2. The maximum absolute atomic E-state index is 4.80. The van der Waals surface area contributed by atoms with E-state index in [4.69, 9.17) is 4.98 Å². The molecule has 0 saturated heterocycles. The Morgan fingerprint density at radius 3 is 2.57 bits per heavy atom. The van der Waals surface area contributed by atoms with Crippen LogP contribution >= 0.6 is 12.4 Å². The van der Waals surface area contributed by atoms with Gasteiger partial charge in [-0.3, -0.25) is 0 Å². The molecule has 23 heavy (non-hydrogen) atoms. The van der Waals surface area contributed by atoms with Crippen molar-refractivity contribution in [2.45, 2.75) is 6.92 Å². The van der Waals surface area contributed by atoms with Gasteiger partial charge in [-0.05, 0) is 25.1 Å². The number of fused-ring (bicyclic) bond motifs is 2. The van der Waals surface area contributed by atoms with E-state index in [9.17, 15) is 0 Å². The molecule has 5 nitrogen and oxygen atoms in total. The average Bonchev–Trinajstić information content (AvgIpc) is 2.90. The molecule has 0 aliphatic heterocycles. The molecule has 1 aromatic carbocycles.